The summed E-state index contributed by atoms with van der Waals surface area (Å²) in [4.78, 5) is 33.0. The Morgan fingerprint density at radius 3 is 2.68 bits per heavy atom. The van der Waals surface area contributed by atoms with Gasteiger partial charge >= 0.3 is 0 Å². The molecule has 0 radical (unpaired) electrons. The van der Waals surface area contributed by atoms with Crippen LogP contribution < -0.4 is 20.3 Å². The number of rotatable bonds is 7. The summed E-state index contributed by atoms with van der Waals surface area (Å²) in [7, 11) is 1.56. The van der Waals surface area contributed by atoms with Gasteiger partial charge in [0.2, 0.25) is 5.91 Å². The van der Waals surface area contributed by atoms with E-state index in [-0.39, 0.29) is 17.9 Å². The van der Waals surface area contributed by atoms with Crippen molar-refractivity contribution in [1.29, 1.82) is 0 Å². The molecular formula is C23H23N3O4S. The van der Waals surface area contributed by atoms with Crippen molar-refractivity contribution in [3.8, 4) is 11.5 Å². The number of H-pyrrole nitrogens is 1. The minimum Gasteiger partial charge on any atom is -0.493 e. The Morgan fingerprint density at radius 2 is 1.94 bits per heavy atom. The second kappa shape index (κ2) is 9.26. The van der Waals surface area contributed by atoms with E-state index in [1.54, 1.807) is 13.2 Å². The number of nitrogens with one attached hydrogen (secondary N) is 2. The molecule has 0 bridgehead atoms. The van der Waals surface area contributed by atoms with Gasteiger partial charge in [0.1, 0.15) is 5.82 Å². The van der Waals surface area contributed by atoms with E-state index in [4.69, 9.17) is 9.47 Å². The number of methoxy groups -OCH3 is 1. The van der Waals surface area contributed by atoms with Crippen LogP contribution in [0, 0.1) is 0 Å². The highest BCUT2D eigenvalue weighted by molar-refractivity contribution is 7.98. The Balaban J connectivity index is 1.72. The number of para-hydroxylation sites is 1. The predicted molar refractivity (Wildman–Crippen MR) is 120 cm³/mol. The number of aromatic nitrogens is 2. The normalized spacial score (nSPS) is 15.2. The van der Waals surface area contributed by atoms with E-state index in [0.29, 0.717) is 40.4 Å². The summed E-state index contributed by atoms with van der Waals surface area (Å²) >= 11 is 1.41. The van der Waals surface area contributed by atoms with Crippen molar-refractivity contribution in [1.82, 2.24) is 9.97 Å². The third-order valence-corrected chi connectivity index (χ3v) is 5.99. The molecule has 31 heavy (non-hydrogen) atoms. The lowest BCUT2D eigenvalue weighted by Crippen LogP contribution is -2.31. The molecule has 0 fully saturated rings. The van der Waals surface area contributed by atoms with Gasteiger partial charge in [-0.15, -0.1) is 0 Å². The first-order valence-electron chi connectivity index (χ1n) is 10.0. The van der Waals surface area contributed by atoms with Gasteiger partial charge in [-0.1, -0.05) is 54.2 Å². The third kappa shape index (κ3) is 4.44. The monoisotopic (exact) mass is 437 g/mol. The molecule has 3 aromatic rings. The quantitative estimate of drug-likeness (QED) is 0.430. The average molecular weight is 438 g/mol. The van der Waals surface area contributed by atoms with E-state index in [1.807, 2.05) is 49.4 Å². The van der Waals surface area contributed by atoms with Gasteiger partial charge in [0.25, 0.3) is 5.56 Å². The van der Waals surface area contributed by atoms with Gasteiger partial charge in [-0.3, -0.25) is 9.59 Å². The molecule has 0 saturated carbocycles. The van der Waals surface area contributed by atoms with Crippen LogP contribution >= 0.6 is 11.8 Å². The minimum atomic E-state index is -0.482. The van der Waals surface area contributed by atoms with Crippen LogP contribution in [0.3, 0.4) is 0 Å². The zero-order valence-corrected chi connectivity index (χ0v) is 18.1. The van der Waals surface area contributed by atoms with Crippen LogP contribution in [-0.4, -0.2) is 29.6 Å². The highest BCUT2D eigenvalue weighted by atomic mass is 32.2. The van der Waals surface area contributed by atoms with Crippen LogP contribution in [0.25, 0.3) is 0 Å². The highest BCUT2D eigenvalue weighted by Gasteiger charge is 2.33. The zero-order chi connectivity index (χ0) is 21.8. The van der Waals surface area contributed by atoms with Crippen molar-refractivity contribution in [2.45, 2.75) is 30.2 Å². The molecule has 1 amide bonds. The number of fused-ring (bicyclic) bond motifs is 1. The molecule has 0 spiro atoms. The van der Waals surface area contributed by atoms with Gasteiger partial charge in [-0.2, -0.15) is 0 Å². The van der Waals surface area contributed by atoms with Crippen LogP contribution in [0.2, 0.25) is 0 Å². The Labute approximate surface area is 184 Å². The lowest BCUT2D eigenvalue weighted by Gasteiger charge is -2.26. The van der Waals surface area contributed by atoms with Gasteiger partial charge in [0, 0.05) is 23.7 Å². The molecule has 1 aliphatic heterocycles. The lowest BCUT2D eigenvalue weighted by molar-refractivity contribution is -0.116. The third-order valence-electron chi connectivity index (χ3n) is 5.04. The fourth-order valence-corrected chi connectivity index (χ4v) is 4.49. The minimum absolute atomic E-state index is 0.126. The SMILES string of the molecule is CCOc1c(OC)cccc1[C@H]1CC(=O)Nc2nc(SCc3ccccc3)[nH]c(=O)c21. The van der Waals surface area contributed by atoms with Crippen LogP contribution in [0.5, 0.6) is 11.5 Å². The average Bonchev–Trinajstić information content (AvgIpc) is 2.78. The number of aromatic amines is 1. The molecule has 2 heterocycles. The maximum absolute atomic E-state index is 13.1. The van der Waals surface area contributed by atoms with E-state index in [0.717, 1.165) is 11.1 Å². The van der Waals surface area contributed by atoms with Gasteiger partial charge < -0.3 is 19.8 Å². The first kappa shape index (κ1) is 21.0. The predicted octanol–water partition coefficient (Wildman–Crippen LogP) is 3.94. The van der Waals surface area contributed by atoms with Gasteiger partial charge in [-0.25, -0.2) is 4.98 Å². The summed E-state index contributed by atoms with van der Waals surface area (Å²) in [6, 6.07) is 15.4. The number of hydrogen-bond donors (Lipinski definition) is 2. The van der Waals surface area contributed by atoms with Gasteiger partial charge in [0.15, 0.2) is 16.7 Å². The molecule has 0 saturated heterocycles. The van der Waals surface area contributed by atoms with Crippen LogP contribution in [-0.2, 0) is 10.5 Å². The van der Waals surface area contributed by atoms with E-state index in [1.165, 1.54) is 11.8 Å². The summed E-state index contributed by atoms with van der Waals surface area (Å²) in [5.41, 5.74) is 2.01. The van der Waals surface area contributed by atoms with Crippen molar-refractivity contribution >= 4 is 23.5 Å². The molecule has 0 unspecified atom stereocenters. The van der Waals surface area contributed by atoms with Crippen LogP contribution in [0.4, 0.5) is 5.82 Å². The first-order chi connectivity index (χ1) is 15.1. The number of benzene rings is 2. The standard InChI is InChI=1S/C23H23N3O4S/c1-3-30-20-15(10-7-11-17(20)29-2)16-12-18(27)24-21-19(16)22(28)26-23(25-21)31-13-14-8-5-4-6-9-14/h4-11,16H,3,12-13H2,1-2H3,(H2,24,25,26,27,28)/t16-/m1/s1. The molecule has 7 nitrogen and oxygen atoms in total. The molecule has 160 valence electrons. The van der Waals surface area contributed by atoms with E-state index >= 15 is 0 Å². The summed E-state index contributed by atoms with van der Waals surface area (Å²) < 4.78 is 11.3. The number of nitrogens with zero attached hydrogens (tertiary/aromatic N) is 1. The Hall–Kier alpha value is -3.26. The van der Waals surface area contributed by atoms with Crippen molar-refractivity contribution < 1.29 is 14.3 Å². The van der Waals surface area contributed by atoms with Crippen molar-refractivity contribution in [3.63, 3.8) is 0 Å². The number of hydrogen-bond acceptors (Lipinski definition) is 6. The van der Waals surface area contributed by atoms with Gasteiger partial charge in [-0.05, 0) is 18.6 Å². The Kier molecular flexibility index (Phi) is 6.27. The highest BCUT2D eigenvalue weighted by Crippen LogP contribution is 2.42. The molecule has 1 atom stereocenters. The molecule has 1 aromatic heterocycles. The zero-order valence-electron chi connectivity index (χ0n) is 17.3. The van der Waals surface area contributed by atoms with Crippen molar-refractivity contribution in [2.75, 3.05) is 19.0 Å². The summed E-state index contributed by atoms with van der Waals surface area (Å²) in [6.45, 7) is 2.31. The maximum Gasteiger partial charge on any atom is 0.257 e. The topological polar surface area (TPSA) is 93.3 Å². The van der Waals surface area contributed by atoms with E-state index < -0.39 is 5.92 Å². The second-order valence-electron chi connectivity index (χ2n) is 7.02. The smallest absolute Gasteiger partial charge is 0.257 e. The first-order valence-corrected chi connectivity index (χ1v) is 11.0. The van der Waals surface area contributed by atoms with Gasteiger partial charge in [0.05, 0.1) is 19.3 Å². The molecule has 1 aliphatic rings. The summed E-state index contributed by atoms with van der Waals surface area (Å²) in [5, 5.41) is 3.23. The molecule has 2 N–H and O–H groups in total. The Morgan fingerprint density at radius 1 is 1.13 bits per heavy atom. The molecular weight excluding hydrogens is 414 g/mol. The molecule has 8 heteroatoms. The lowest BCUT2D eigenvalue weighted by atomic mass is 9.86. The molecule has 2 aromatic carbocycles. The van der Waals surface area contributed by atoms with E-state index in [9.17, 15) is 9.59 Å². The van der Waals surface area contributed by atoms with E-state index in [2.05, 4.69) is 15.3 Å². The number of ether oxygens (including phenoxy) is 2. The number of thioether (sulfide) groups is 1. The van der Waals surface area contributed by atoms with Crippen LogP contribution in [0.1, 0.15) is 36.0 Å². The van der Waals surface area contributed by atoms with Crippen LogP contribution in [0.15, 0.2) is 58.5 Å². The largest absolute Gasteiger partial charge is 0.493 e. The fourth-order valence-electron chi connectivity index (χ4n) is 3.68. The molecule has 0 aliphatic carbocycles. The summed E-state index contributed by atoms with van der Waals surface area (Å²) in [6.07, 6.45) is 0.126. The van der Waals surface area contributed by atoms with Crippen molar-refractivity contribution in [2.24, 2.45) is 0 Å². The maximum atomic E-state index is 13.1. The summed E-state index contributed by atoms with van der Waals surface area (Å²) in [5.74, 6) is 1.38. The number of carbonyl (C=O) groups excluding carboxylic acids is 1. The number of anilines is 1. The second-order valence-corrected chi connectivity index (χ2v) is 7.99. The number of amides is 1. The molecule has 4 rings (SSSR count). The fraction of sp³-hybridized carbons (Fsp3) is 0.261. The van der Waals surface area contributed by atoms with Crippen molar-refractivity contribution in [3.05, 3.63) is 75.6 Å². The Bertz CT molecular complexity index is 1150. The number of carbonyl (C=O) groups is 1.